The van der Waals surface area contributed by atoms with Crippen molar-refractivity contribution in [3.8, 4) is 23.3 Å². The molecule has 11 atom stereocenters. The molecule has 1 saturated carbocycles. The van der Waals surface area contributed by atoms with Crippen LogP contribution in [-0.2, 0) is 6.42 Å². The van der Waals surface area contributed by atoms with Crippen LogP contribution >= 0.6 is 0 Å². The number of ether oxygens (including phenoxy) is 1. The van der Waals surface area contributed by atoms with Gasteiger partial charge in [0.15, 0.2) is 11.5 Å². The molecule has 9 nitrogen and oxygen atoms in total. The second-order valence-corrected chi connectivity index (χ2v) is 14.4. The lowest BCUT2D eigenvalue weighted by Gasteiger charge is -2.42. The van der Waals surface area contributed by atoms with Crippen LogP contribution in [0, 0.1) is 41.4 Å². The zero-order valence-corrected chi connectivity index (χ0v) is 28.4. The Morgan fingerprint density at radius 2 is 1.82 bits per heavy atom. The maximum Gasteiger partial charge on any atom is 0.161 e. The average molecular weight is 672 g/mol. The van der Waals surface area contributed by atoms with Crippen molar-refractivity contribution < 1.29 is 30.3 Å². The number of phenolic OH excluding ortho intramolecular Hbond substituents is 1. The second kappa shape index (κ2) is 15.9. The Balaban J connectivity index is 1.29. The van der Waals surface area contributed by atoms with Crippen molar-refractivity contribution in [2.45, 2.75) is 101 Å². The monoisotopic (exact) mass is 671 g/mol. The third-order valence-electron chi connectivity index (χ3n) is 11.2. The molecule has 1 aliphatic heterocycles. The first kappa shape index (κ1) is 35.2. The van der Waals surface area contributed by atoms with Crippen molar-refractivity contribution in [3.63, 3.8) is 0 Å². The summed E-state index contributed by atoms with van der Waals surface area (Å²) >= 11 is 0. The molecule has 4 aliphatic rings. The Bertz CT molecular complexity index is 1560. The summed E-state index contributed by atoms with van der Waals surface area (Å²) in [5, 5.41) is 59.2. The van der Waals surface area contributed by atoms with Gasteiger partial charge in [0.1, 0.15) is 12.2 Å². The number of rotatable bonds is 8. The summed E-state index contributed by atoms with van der Waals surface area (Å²) in [7, 11) is 0. The van der Waals surface area contributed by atoms with Crippen molar-refractivity contribution in [1.82, 2.24) is 10.3 Å². The molecule has 9 N–H and O–H groups in total. The van der Waals surface area contributed by atoms with E-state index in [4.69, 9.17) is 10.5 Å². The highest BCUT2D eigenvalue weighted by molar-refractivity contribution is 5.45. The van der Waals surface area contributed by atoms with Gasteiger partial charge in [-0.2, -0.15) is 0 Å². The number of aliphatic hydroxyl groups is 4. The predicted molar refractivity (Wildman–Crippen MR) is 189 cm³/mol. The zero-order valence-electron chi connectivity index (χ0n) is 28.4. The number of nitrogens with one attached hydrogen (secondary N) is 2. The number of fused-ring (bicyclic) bond motifs is 1. The van der Waals surface area contributed by atoms with Crippen LogP contribution < -0.4 is 15.8 Å². The molecule has 0 spiro atoms. The number of hydrogen-bond acceptors (Lipinski definition) is 8. The smallest absolute Gasteiger partial charge is 0.161 e. The highest BCUT2D eigenvalue weighted by Crippen LogP contribution is 2.43. The van der Waals surface area contributed by atoms with Gasteiger partial charge in [-0.15, -0.1) is 0 Å². The first-order chi connectivity index (χ1) is 23.7. The van der Waals surface area contributed by atoms with E-state index in [0.717, 1.165) is 42.5 Å². The van der Waals surface area contributed by atoms with Gasteiger partial charge in [-0.1, -0.05) is 55.9 Å². The fourth-order valence-electron chi connectivity index (χ4n) is 8.38. The first-order valence-electron chi connectivity index (χ1n) is 18.2. The number of nitrogens with two attached hydrogens (primary N) is 1. The molecule has 11 unspecified atom stereocenters. The Morgan fingerprint density at radius 3 is 2.59 bits per heavy atom. The van der Waals surface area contributed by atoms with E-state index in [1.165, 1.54) is 0 Å². The Labute approximate surface area is 290 Å². The molecular weight excluding hydrogens is 618 g/mol. The summed E-state index contributed by atoms with van der Waals surface area (Å²) in [6.07, 6.45) is 12.3. The molecule has 0 bridgehead atoms. The SMILES string of the molecule is CCC1C#CC2C=CC(c3ccc(O)c(OC4C(O)C(O)CCC4C(Cc4ccc[nH]4)C4=CCNC(N)=C4)c3)CC(O)C2C(O)CCCC1. The van der Waals surface area contributed by atoms with Crippen LogP contribution in [0.2, 0.25) is 0 Å². The van der Waals surface area contributed by atoms with E-state index in [9.17, 15) is 25.5 Å². The molecule has 0 amide bonds. The number of aromatic hydroxyl groups is 1. The normalized spacial score (nSPS) is 34.1. The van der Waals surface area contributed by atoms with E-state index in [2.05, 4.69) is 41.2 Å². The van der Waals surface area contributed by atoms with Crippen molar-refractivity contribution >= 4 is 0 Å². The van der Waals surface area contributed by atoms with E-state index in [-0.39, 0.29) is 41.1 Å². The lowest BCUT2D eigenvalue weighted by Crippen LogP contribution is -2.52. The number of phenols is 1. The van der Waals surface area contributed by atoms with Crippen molar-refractivity contribution in [2.75, 3.05) is 6.54 Å². The zero-order chi connectivity index (χ0) is 34.5. The van der Waals surface area contributed by atoms with Gasteiger partial charge in [0.2, 0.25) is 0 Å². The van der Waals surface area contributed by atoms with Gasteiger partial charge >= 0.3 is 0 Å². The fraction of sp³-hybridized carbons (Fsp3) is 0.550. The molecule has 1 aromatic carbocycles. The van der Waals surface area contributed by atoms with Gasteiger partial charge in [0.05, 0.1) is 24.1 Å². The lowest BCUT2D eigenvalue weighted by atomic mass is 9.70. The minimum Gasteiger partial charge on any atom is -0.504 e. The van der Waals surface area contributed by atoms with Gasteiger partial charge in [-0.3, -0.25) is 0 Å². The maximum absolute atomic E-state index is 11.5. The number of dihydropyridines is 1. The van der Waals surface area contributed by atoms with E-state index >= 15 is 0 Å². The van der Waals surface area contributed by atoms with Crippen LogP contribution in [0.15, 0.2) is 72.2 Å². The molecule has 9 heteroatoms. The highest BCUT2D eigenvalue weighted by Gasteiger charge is 2.44. The van der Waals surface area contributed by atoms with Gasteiger partial charge in [0, 0.05) is 48.0 Å². The third kappa shape index (κ3) is 8.21. The summed E-state index contributed by atoms with van der Waals surface area (Å²) in [5.74, 6) is 6.75. The number of allylic oxidation sites excluding steroid dienone is 4. The van der Waals surface area contributed by atoms with Crippen LogP contribution in [0.4, 0.5) is 0 Å². The van der Waals surface area contributed by atoms with Crippen LogP contribution in [0.5, 0.6) is 11.5 Å². The fourth-order valence-corrected chi connectivity index (χ4v) is 8.38. The molecule has 6 rings (SSSR count). The number of H-pyrrole nitrogens is 1. The minimum atomic E-state index is -1.17. The Kier molecular flexibility index (Phi) is 11.4. The summed E-state index contributed by atoms with van der Waals surface area (Å²) in [6, 6.07) is 9.18. The number of aromatic amines is 1. The van der Waals surface area contributed by atoms with Crippen LogP contribution in [0.1, 0.15) is 75.5 Å². The summed E-state index contributed by atoms with van der Waals surface area (Å²) in [4.78, 5) is 3.30. The van der Waals surface area contributed by atoms with E-state index in [1.807, 2.05) is 36.5 Å². The molecule has 0 radical (unpaired) electrons. The summed E-state index contributed by atoms with van der Waals surface area (Å²) in [5.41, 5.74) is 9.11. The molecule has 1 fully saturated rings. The largest absolute Gasteiger partial charge is 0.504 e. The highest BCUT2D eigenvalue weighted by atomic mass is 16.5. The molecule has 264 valence electrons. The topological polar surface area (TPSA) is 164 Å². The van der Waals surface area contributed by atoms with E-state index < -0.39 is 30.5 Å². The quantitative estimate of drug-likeness (QED) is 0.151. The van der Waals surface area contributed by atoms with Gasteiger partial charge < -0.3 is 46.3 Å². The predicted octanol–water partition coefficient (Wildman–Crippen LogP) is 4.39. The number of aliphatic hydroxyl groups excluding tert-OH is 4. The number of hydrogen-bond donors (Lipinski definition) is 8. The van der Waals surface area contributed by atoms with Crippen molar-refractivity contribution in [3.05, 3.63) is 83.5 Å². The Hall–Kier alpha value is -3.68. The summed E-state index contributed by atoms with van der Waals surface area (Å²) < 4.78 is 6.57. The molecule has 49 heavy (non-hydrogen) atoms. The van der Waals surface area contributed by atoms with Crippen LogP contribution in [-0.4, -0.2) is 67.6 Å². The lowest BCUT2D eigenvalue weighted by molar-refractivity contribution is -0.108. The van der Waals surface area contributed by atoms with Crippen LogP contribution in [0.3, 0.4) is 0 Å². The minimum absolute atomic E-state index is 0.0694. The summed E-state index contributed by atoms with van der Waals surface area (Å²) in [6.45, 7) is 2.75. The molecule has 3 aliphatic carbocycles. The number of aromatic nitrogens is 1. The second-order valence-electron chi connectivity index (χ2n) is 14.4. The number of benzene rings is 1. The average Bonchev–Trinajstić information content (AvgIpc) is 3.55. The first-order valence-corrected chi connectivity index (χ1v) is 18.2. The van der Waals surface area contributed by atoms with Crippen molar-refractivity contribution in [1.29, 1.82) is 0 Å². The molecule has 2 heterocycles. The van der Waals surface area contributed by atoms with E-state index in [0.29, 0.717) is 50.4 Å². The van der Waals surface area contributed by atoms with E-state index in [1.54, 1.807) is 12.1 Å². The molecule has 0 saturated heterocycles. The standard InChI is InChI=1S/C40H53N3O6/c1-2-24-6-3-4-8-33(45)38-25(10-9-24)11-12-26(20-35(38)47)27-13-15-32(44)36(21-27)49-40-30(14-16-34(46)39(40)48)31(23-29-7-5-18-42-29)28-17-19-43-37(41)22-28/h5,7,11-13,15,17-18,21-22,24-26,30-31,33-35,38-40,42-48H,2-4,6,8,14,16,19-20,23,41H2,1H3. The maximum atomic E-state index is 11.5. The van der Waals surface area contributed by atoms with Gasteiger partial charge in [-0.05, 0) is 92.3 Å². The van der Waals surface area contributed by atoms with Gasteiger partial charge in [-0.25, -0.2) is 0 Å². The Morgan fingerprint density at radius 1 is 0.980 bits per heavy atom. The molecule has 1 aromatic heterocycles. The van der Waals surface area contributed by atoms with Gasteiger partial charge in [0.25, 0.3) is 0 Å². The third-order valence-corrected chi connectivity index (χ3v) is 11.2. The molecule has 2 aromatic rings. The van der Waals surface area contributed by atoms with Crippen molar-refractivity contribution in [2.24, 2.45) is 35.3 Å². The van der Waals surface area contributed by atoms with Crippen LogP contribution in [0.25, 0.3) is 0 Å². The molecular formula is C40H53N3O6.